The molecular weight excluding hydrogens is 194 g/mol. The van der Waals surface area contributed by atoms with Crippen LogP contribution in [0, 0.1) is 5.92 Å². The van der Waals surface area contributed by atoms with E-state index < -0.39 is 0 Å². The Morgan fingerprint density at radius 1 is 1.53 bits per heavy atom. The van der Waals surface area contributed by atoms with Gasteiger partial charge in [0, 0.05) is 12.0 Å². The number of carbonyl (C=O) groups is 2. The molecule has 4 nitrogen and oxygen atoms in total. The van der Waals surface area contributed by atoms with Gasteiger partial charge >= 0.3 is 5.97 Å². The molecule has 1 N–H and O–H groups in total. The Hall–Kier alpha value is -1.06. The molecule has 1 saturated carbocycles. The fraction of sp³-hybridized carbons (Fsp3) is 0.818. The highest BCUT2D eigenvalue weighted by Gasteiger charge is 2.46. The third kappa shape index (κ3) is 1.98. The summed E-state index contributed by atoms with van der Waals surface area (Å²) in [6.45, 7) is 2.28. The highest BCUT2D eigenvalue weighted by molar-refractivity contribution is 5.85. The molecule has 0 unspecified atom stereocenters. The largest absolute Gasteiger partial charge is 0.466 e. The van der Waals surface area contributed by atoms with Crippen LogP contribution in [-0.4, -0.2) is 24.0 Å². The average Bonchev–Trinajstić information content (AvgIpc) is 2.17. The lowest BCUT2D eigenvalue weighted by atomic mass is 9.71. The van der Waals surface area contributed by atoms with Gasteiger partial charge in [-0.15, -0.1) is 0 Å². The van der Waals surface area contributed by atoms with Crippen LogP contribution in [0.25, 0.3) is 0 Å². The molecule has 2 rings (SSSR count). The van der Waals surface area contributed by atoms with Crippen LogP contribution >= 0.6 is 0 Å². The summed E-state index contributed by atoms with van der Waals surface area (Å²) >= 11 is 0. The molecule has 1 heterocycles. The van der Waals surface area contributed by atoms with Crippen molar-refractivity contribution >= 4 is 11.9 Å². The fourth-order valence-corrected chi connectivity index (χ4v) is 2.55. The Morgan fingerprint density at radius 2 is 2.13 bits per heavy atom. The fourth-order valence-electron chi connectivity index (χ4n) is 2.55. The van der Waals surface area contributed by atoms with Gasteiger partial charge in [0.1, 0.15) is 0 Å². The molecule has 0 radical (unpaired) electrons. The molecule has 1 aliphatic carbocycles. The smallest absolute Gasteiger partial charge is 0.308 e. The topological polar surface area (TPSA) is 55.4 Å². The molecule has 0 aromatic carbocycles. The van der Waals surface area contributed by atoms with Crippen molar-refractivity contribution in [3.63, 3.8) is 0 Å². The van der Waals surface area contributed by atoms with Crippen LogP contribution in [0.1, 0.15) is 39.0 Å². The van der Waals surface area contributed by atoms with Gasteiger partial charge in [0.05, 0.1) is 12.5 Å². The maximum Gasteiger partial charge on any atom is 0.308 e. The molecule has 84 valence electrons. The molecule has 1 aliphatic heterocycles. The highest BCUT2D eigenvalue weighted by atomic mass is 16.5. The summed E-state index contributed by atoms with van der Waals surface area (Å²) in [5.41, 5.74) is 0.0279. The quantitative estimate of drug-likeness (QED) is 0.547. The zero-order valence-corrected chi connectivity index (χ0v) is 9.04. The van der Waals surface area contributed by atoms with E-state index in [-0.39, 0.29) is 23.3 Å². The van der Waals surface area contributed by atoms with E-state index in [1.165, 1.54) is 0 Å². The van der Waals surface area contributed by atoms with Crippen molar-refractivity contribution in [3.05, 3.63) is 0 Å². The van der Waals surface area contributed by atoms with Crippen molar-refractivity contribution in [1.82, 2.24) is 5.32 Å². The number of esters is 1. The van der Waals surface area contributed by atoms with E-state index in [0.717, 1.165) is 25.7 Å². The van der Waals surface area contributed by atoms with Crippen LogP contribution in [0.3, 0.4) is 0 Å². The Balaban J connectivity index is 1.82. The van der Waals surface area contributed by atoms with Crippen LogP contribution in [0.2, 0.25) is 0 Å². The van der Waals surface area contributed by atoms with Crippen molar-refractivity contribution < 1.29 is 14.3 Å². The predicted octanol–water partition coefficient (Wildman–Crippen LogP) is 0.998. The van der Waals surface area contributed by atoms with Crippen LogP contribution in [0.15, 0.2) is 0 Å². The predicted molar refractivity (Wildman–Crippen MR) is 54.1 cm³/mol. The lowest BCUT2D eigenvalue weighted by Crippen LogP contribution is -2.62. The molecule has 1 spiro atoms. The van der Waals surface area contributed by atoms with Gasteiger partial charge in [-0.3, -0.25) is 9.59 Å². The lowest BCUT2D eigenvalue weighted by Gasteiger charge is -2.46. The van der Waals surface area contributed by atoms with E-state index >= 15 is 0 Å². The van der Waals surface area contributed by atoms with E-state index in [0.29, 0.717) is 13.0 Å². The van der Waals surface area contributed by atoms with E-state index in [1.54, 1.807) is 0 Å². The molecule has 15 heavy (non-hydrogen) atoms. The first-order valence-electron chi connectivity index (χ1n) is 5.63. The van der Waals surface area contributed by atoms with Gasteiger partial charge in [0.25, 0.3) is 0 Å². The van der Waals surface area contributed by atoms with Gasteiger partial charge in [0.2, 0.25) is 5.91 Å². The van der Waals surface area contributed by atoms with Crippen molar-refractivity contribution in [2.24, 2.45) is 5.92 Å². The Bertz CT molecular complexity index is 270. The van der Waals surface area contributed by atoms with Crippen LogP contribution < -0.4 is 5.32 Å². The summed E-state index contributed by atoms with van der Waals surface area (Å²) in [6, 6.07) is 0. The average molecular weight is 211 g/mol. The SMILES string of the molecule is CCOC(=O)C1CCC2(CC1)CC(=O)N2. The molecule has 0 bridgehead atoms. The van der Waals surface area contributed by atoms with Crippen molar-refractivity contribution in [2.75, 3.05) is 6.61 Å². The van der Waals surface area contributed by atoms with Crippen LogP contribution in [0.5, 0.6) is 0 Å². The number of nitrogens with one attached hydrogen (secondary N) is 1. The number of hydrogen-bond donors (Lipinski definition) is 1. The standard InChI is InChI=1S/C11H17NO3/c1-2-15-10(14)8-3-5-11(6-4-8)7-9(13)12-11/h8H,2-7H2,1H3,(H,12,13). The Labute approximate surface area is 89.4 Å². The van der Waals surface area contributed by atoms with E-state index in [2.05, 4.69) is 5.32 Å². The summed E-state index contributed by atoms with van der Waals surface area (Å²) in [5, 5.41) is 2.96. The molecule has 1 saturated heterocycles. The maximum atomic E-state index is 11.5. The van der Waals surface area contributed by atoms with E-state index in [1.807, 2.05) is 6.92 Å². The second-order valence-corrected chi connectivity index (χ2v) is 4.53. The van der Waals surface area contributed by atoms with Gasteiger partial charge in [-0.25, -0.2) is 0 Å². The van der Waals surface area contributed by atoms with Crippen LogP contribution in [0.4, 0.5) is 0 Å². The molecule has 0 atom stereocenters. The van der Waals surface area contributed by atoms with E-state index in [9.17, 15) is 9.59 Å². The van der Waals surface area contributed by atoms with Gasteiger partial charge in [-0.05, 0) is 32.6 Å². The summed E-state index contributed by atoms with van der Waals surface area (Å²) in [7, 11) is 0. The summed E-state index contributed by atoms with van der Waals surface area (Å²) in [4.78, 5) is 22.4. The minimum absolute atomic E-state index is 0.0279. The number of β-lactam (4-membered cyclic amide) rings is 1. The molecule has 2 aliphatic rings. The first-order valence-corrected chi connectivity index (χ1v) is 5.63. The lowest BCUT2D eigenvalue weighted by molar-refractivity contribution is -0.150. The zero-order chi connectivity index (χ0) is 10.9. The molecule has 1 amide bonds. The third-order valence-electron chi connectivity index (χ3n) is 3.47. The third-order valence-corrected chi connectivity index (χ3v) is 3.47. The first kappa shape index (κ1) is 10.5. The second kappa shape index (κ2) is 3.83. The van der Waals surface area contributed by atoms with Gasteiger partial charge < -0.3 is 10.1 Å². The second-order valence-electron chi connectivity index (χ2n) is 4.53. The minimum Gasteiger partial charge on any atom is -0.466 e. The van der Waals surface area contributed by atoms with Crippen molar-refractivity contribution in [3.8, 4) is 0 Å². The maximum absolute atomic E-state index is 11.5. The van der Waals surface area contributed by atoms with Crippen molar-refractivity contribution in [1.29, 1.82) is 0 Å². The number of ether oxygens (including phenoxy) is 1. The summed E-state index contributed by atoms with van der Waals surface area (Å²) < 4.78 is 5.00. The number of rotatable bonds is 2. The number of amides is 1. The number of carbonyl (C=O) groups excluding carboxylic acids is 2. The van der Waals surface area contributed by atoms with Gasteiger partial charge in [-0.1, -0.05) is 0 Å². The van der Waals surface area contributed by atoms with Crippen LogP contribution in [-0.2, 0) is 14.3 Å². The normalized spacial score (nSPS) is 34.5. The number of hydrogen-bond acceptors (Lipinski definition) is 3. The molecule has 0 aromatic rings. The first-order chi connectivity index (χ1) is 7.15. The molecule has 2 fully saturated rings. The molecular formula is C11H17NO3. The molecule has 0 aromatic heterocycles. The summed E-state index contributed by atoms with van der Waals surface area (Å²) in [6.07, 6.45) is 4.17. The zero-order valence-electron chi connectivity index (χ0n) is 9.04. The highest BCUT2D eigenvalue weighted by Crippen LogP contribution is 2.38. The molecule has 4 heteroatoms. The van der Waals surface area contributed by atoms with Crippen molar-refractivity contribution in [2.45, 2.75) is 44.6 Å². The monoisotopic (exact) mass is 211 g/mol. The van der Waals surface area contributed by atoms with E-state index in [4.69, 9.17) is 4.74 Å². The summed E-state index contributed by atoms with van der Waals surface area (Å²) in [5.74, 6) is 0.121. The Kier molecular flexibility index (Phi) is 2.67. The Morgan fingerprint density at radius 3 is 2.60 bits per heavy atom. The van der Waals surface area contributed by atoms with Gasteiger partial charge in [0.15, 0.2) is 0 Å². The minimum atomic E-state index is -0.0713. The van der Waals surface area contributed by atoms with Gasteiger partial charge in [-0.2, -0.15) is 0 Å².